The highest BCUT2D eigenvalue weighted by Crippen LogP contribution is 2.17. The van der Waals surface area contributed by atoms with Crippen LogP contribution in [-0.2, 0) is 0 Å². The molecule has 0 unspecified atom stereocenters. The van der Waals surface area contributed by atoms with Gasteiger partial charge in [-0.2, -0.15) is 0 Å². The second-order valence-electron chi connectivity index (χ2n) is 3.58. The summed E-state index contributed by atoms with van der Waals surface area (Å²) in [4.78, 5) is 22.2. The van der Waals surface area contributed by atoms with Crippen LogP contribution in [0.5, 0.6) is 0 Å². The zero-order chi connectivity index (χ0) is 12.4. The molecule has 4 N–H and O–H groups in total. The predicted octanol–water partition coefficient (Wildman–Crippen LogP) is 1.06. The number of nitrogens with two attached hydrogens (primary N) is 1. The van der Waals surface area contributed by atoms with Crippen molar-refractivity contribution < 1.29 is 14.8 Å². The smallest absolute Gasteiger partial charge is 0.274 e. The lowest BCUT2D eigenvalue weighted by Gasteiger charge is -2.03. The molecule has 0 saturated heterocycles. The monoisotopic (exact) mass is 230 g/mol. The minimum Gasteiger partial charge on any atom is -0.366 e. The molecule has 17 heavy (non-hydrogen) atoms. The Morgan fingerprint density at radius 3 is 2.18 bits per heavy atom. The first-order valence-electron chi connectivity index (χ1n) is 4.90. The number of carbonyl (C=O) groups excluding carboxylic acids is 2. The molecule has 0 radical (unpaired) electrons. The first-order valence-corrected chi connectivity index (χ1v) is 4.90. The van der Waals surface area contributed by atoms with Gasteiger partial charge in [-0.3, -0.25) is 14.8 Å². The summed E-state index contributed by atoms with van der Waals surface area (Å²) in [5, 5.41) is 10.1. The largest absolute Gasteiger partial charge is 0.366 e. The van der Waals surface area contributed by atoms with E-state index in [4.69, 9.17) is 10.9 Å². The van der Waals surface area contributed by atoms with E-state index in [1.54, 1.807) is 41.9 Å². The molecule has 0 aliphatic carbocycles. The van der Waals surface area contributed by atoms with E-state index in [0.717, 1.165) is 5.39 Å². The maximum absolute atomic E-state index is 11.2. The highest BCUT2D eigenvalue weighted by Gasteiger charge is 2.06. The highest BCUT2D eigenvalue weighted by atomic mass is 16.5. The summed E-state index contributed by atoms with van der Waals surface area (Å²) in [5.74, 6) is -1.12. The van der Waals surface area contributed by atoms with Gasteiger partial charge in [0.15, 0.2) is 0 Å². The van der Waals surface area contributed by atoms with Gasteiger partial charge in [-0.05, 0) is 35.0 Å². The van der Waals surface area contributed by atoms with E-state index < -0.39 is 11.8 Å². The van der Waals surface area contributed by atoms with Crippen molar-refractivity contribution >= 4 is 22.6 Å². The third-order valence-electron chi connectivity index (χ3n) is 2.49. The molecule has 0 aliphatic heterocycles. The number of amides is 2. The van der Waals surface area contributed by atoms with Crippen molar-refractivity contribution in [2.24, 2.45) is 5.73 Å². The average Bonchev–Trinajstić information content (AvgIpc) is 2.36. The quantitative estimate of drug-likeness (QED) is 0.532. The van der Waals surface area contributed by atoms with E-state index in [1.165, 1.54) is 0 Å². The average molecular weight is 230 g/mol. The van der Waals surface area contributed by atoms with Crippen LogP contribution in [0.4, 0.5) is 0 Å². The second kappa shape index (κ2) is 4.23. The number of hydroxylamine groups is 1. The number of nitrogens with one attached hydrogen (secondary N) is 1. The molecule has 2 aromatic carbocycles. The van der Waals surface area contributed by atoms with Crippen molar-refractivity contribution in [1.29, 1.82) is 0 Å². The molecule has 0 atom stereocenters. The zero-order valence-corrected chi connectivity index (χ0v) is 8.81. The normalized spacial score (nSPS) is 10.2. The van der Waals surface area contributed by atoms with Gasteiger partial charge in [0.2, 0.25) is 5.91 Å². The number of benzene rings is 2. The number of fused-ring (bicyclic) bond motifs is 1. The summed E-state index contributed by atoms with van der Waals surface area (Å²) in [6.45, 7) is 0. The van der Waals surface area contributed by atoms with E-state index in [9.17, 15) is 9.59 Å². The molecule has 0 heterocycles. The summed E-state index contributed by atoms with van der Waals surface area (Å²) in [5.41, 5.74) is 7.40. The van der Waals surface area contributed by atoms with Crippen molar-refractivity contribution in [2.75, 3.05) is 0 Å². The van der Waals surface area contributed by atoms with Crippen LogP contribution in [0, 0.1) is 0 Å². The number of primary amides is 1. The Morgan fingerprint density at radius 1 is 1.00 bits per heavy atom. The van der Waals surface area contributed by atoms with Crippen molar-refractivity contribution in [2.45, 2.75) is 0 Å². The first-order chi connectivity index (χ1) is 8.11. The molecule has 5 nitrogen and oxygen atoms in total. The lowest BCUT2D eigenvalue weighted by Crippen LogP contribution is -2.18. The molecule has 0 fully saturated rings. The molecule has 0 aliphatic rings. The lowest BCUT2D eigenvalue weighted by molar-refractivity contribution is 0.0706. The lowest BCUT2D eigenvalue weighted by atomic mass is 10.0. The maximum atomic E-state index is 11.2. The Morgan fingerprint density at radius 2 is 1.59 bits per heavy atom. The Kier molecular flexibility index (Phi) is 2.76. The van der Waals surface area contributed by atoms with E-state index >= 15 is 0 Å². The van der Waals surface area contributed by atoms with Gasteiger partial charge >= 0.3 is 0 Å². The molecule has 86 valence electrons. The van der Waals surface area contributed by atoms with Crippen LogP contribution in [0.1, 0.15) is 20.7 Å². The van der Waals surface area contributed by atoms with Crippen LogP contribution in [0.3, 0.4) is 0 Å². The molecule has 0 aromatic heterocycles. The molecule has 2 rings (SSSR count). The fraction of sp³-hybridized carbons (Fsp3) is 0. The van der Waals surface area contributed by atoms with Crippen molar-refractivity contribution in [3.63, 3.8) is 0 Å². The molecule has 5 heteroatoms. The van der Waals surface area contributed by atoms with Crippen LogP contribution in [0.15, 0.2) is 36.4 Å². The van der Waals surface area contributed by atoms with Gasteiger partial charge in [-0.15, -0.1) is 0 Å². The summed E-state index contributed by atoms with van der Waals surface area (Å²) in [7, 11) is 0. The van der Waals surface area contributed by atoms with Crippen LogP contribution in [-0.4, -0.2) is 17.0 Å². The van der Waals surface area contributed by atoms with Crippen molar-refractivity contribution in [3.8, 4) is 0 Å². The van der Waals surface area contributed by atoms with Gasteiger partial charge in [-0.25, -0.2) is 5.48 Å². The number of hydrogen-bond acceptors (Lipinski definition) is 3. The number of hydrogen-bond donors (Lipinski definition) is 3. The van der Waals surface area contributed by atoms with Gasteiger partial charge in [0, 0.05) is 11.1 Å². The molecule has 0 saturated carbocycles. The molecule has 2 amide bonds. The van der Waals surface area contributed by atoms with E-state index in [-0.39, 0.29) is 0 Å². The molecule has 0 spiro atoms. The SMILES string of the molecule is NC(=O)c1ccc2ccc(C(=O)NO)cc2c1. The molecule has 2 aromatic rings. The summed E-state index contributed by atoms with van der Waals surface area (Å²) in [6, 6.07) is 9.86. The van der Waals surface area contributed by atoms with Crippen LogP contribution in [0.25, 0.3) is 10.8 Å². The predicted molar refractivity (Wildman–Crippen MR) is 61.7 cm³/mol. The summed E-state index contributed by atoms with van der Waals surface area (Å²) < 4.78 is 0. The summed E-state index contributed by atoms with van der Waals surface area (Å²) in [6.07, 6.45) is 0. The Bertz CT molecular complexity index is 608. The van der Waals surface area contributed by atoms with Gasteiger partial charge in [0.25, 0.3) is 5.91 Å². The minimum atomic E-state index is -0.601. The maximum Gasteiger partial charge on any atom is 0.274 e. The fourth-order valence-electron chi connectivity index (χ4n) is 1.61. The Labute approximate surface area is 96.8 Å². The van der Waals surface area contributed by atoms with Crippen LogP contribution < -0.4 is 11.2 Å². The topological polar surface area (TPSA) is 92.4 Å². The third-order valence-corrected chi connectivity index (χ3v) is 2.49. The van der Waals surface area contributed by atoms with Gasteiger partial charge in [-0.1, -0.05) is 12.1 Å². The van der Waals surface area contributed by atoms with E-state index in [2.05, 4.69) is 0 Å². The number of rotatable bonds is 2. The molecule has 0 bridgehead atoms. The number of carbonyl (C=O) groups is 2. The van der Waals surface area contributed by atoms with Crippen molar-refractivity contribution in [1.82, 2.24) is 5.48 Å². The highest BCUT2D eigenvalue weighted by molar-refractivity contribution is 6.01. The Balaban J connectivity index is 2.58. The second-order valence-corrected chi connectivity index (χ2v) is 3.58. The fourth-order valence-corrected chi connectivity index (χ4v) is 1.61. The minimum absolute atomic E-state index is 0.307. The standard InChI is InChI=1S/C12H10N2O3/c13-11(15)8-3-1-7-2-4-9(12(16)14-17)6-10(7)5-8/h1-6,17H,(H2,13,15)(H,14,16). The van der Waals surface area contributed by atoms with Gasteiger partial charge < -0.3 is 5.73 Å². The van der Waals surface area contributed by atoms with E-state index in [0.29, 0.717) is 16.5 Å². The van der Waals surface area contributed by atoms with Gasteiger partial charge in [0.05, 0.1) is 0 Å². The van der Waals surface area contributed by atoms with E-state index in [1.807, 2.05) is 0 Å². The third kappa shape index (κ3) is 2.09. The first kappa shape index (κ1) is 11.1. The zero-order valence-electron chi connectivity index (χ0n) is 8.81. The van der Waals surface area contributed by atoms with Crippen molar-refractivity contribution in [3.05, 3.63) is 47.5 Å². The molecular weight excluding hydrogens is 220 g/mol. The van der Waals surface area contributed by atoms with Crippen LogP contribution >= 0.6 is 0 Å². The molecular formula is C12H10N2O3. The van der Waals surface area contributed by atoms with Crippen LogP contribution in [0.2, 0.25) is 0 Å². The summed E-state index contributed by atoms with van der Waals surface area (Å²) >= 11 is 0. The van der Waals surface area contributed by atoms with Gasteiger partial charge in [0.1, 0.15) is 0 Å². The Hall–Kier alpha value is -2.40.